The molecule has 2 aromatic rings. The molecule has 0 amide bonds. The molecule has 27 heavy (non-hydrogen) atoms. The molecule has 138 valence electrons. The van der Waals surface area contributed by atoms with Gasteiger partial charge in [0.25, 0.3) is 0 Å². The second-order valence-corrected chi connectivity index (χ2v) is 4.85. The van der Waals surface area contributed by atoms with Gasteiger partial charge in [0.15, 0.2) is 0 Å². The SMILES string of the molecule is COC(=O)c1ccc(C#N)cc1OC.COc1cc(C#N)ccc1C(=O)O. The Kier molecular flexibility index (Phi) is 7.83. The molecular formula is C19H16N2O6. The van der Waals surface area contributed by atoms with E-state index < -0.39 is 11.9 Å². The normalized spacial score (nSPS) is 8.93. The summed E-state index contributed by atoms with van der Waals surface area (Å²) in [6, 6.07) is 12.6. The number of rotatable bonds is 4. The van der Waals surface area contributed by atoms with Gasteiger partial charge in [0.05, 0.1) is 44.6 Å². The van der Waals surface area contributed by atoms with Crippen molar-refractivity contribution in [1.82, 2.24) is 0 Å². The number of nitriles is 2. The van der Waals surface area contributed by atoms with Crippen molar-refractivity contribution in [2.24, 2.45) is 0 Å². The molecule has 0 saturated heterocycles. The Hall–Kier alpha value is -4.04. The van der Waals surface area contributed by atoms with Crippen LogP contribution < -0.4 is 9.47 Å². The van der Waals surface area contributed by atoms with Crippen molar-refractivity contribution in [3.8, 4) is 23.6 Å². The molecule has 0 aromatic heterocycles. The highest BCUT2D eigenvalue weighted by molar-refractivity contribution is 5.92. The fraction of sp³-hybridized carbons (Fsp3) is 0.158. The molecule has 0 radical (unpaired) electrons. The number of hydrogen-bond donors (Lipinski definition) is 1. The third kappa shape index (κ3) is 5.48. The molecule has 1 N–H and O–H groups in total. The van der Waals surface area contributed by atoms with Crippen LogP contribution in [0.5, 0.6) is 11.5 Å². The summed E-state index contributed by atoms with van der Waals surface area (Å²) in [6.45, 7) is 0. The summed E-state index contributed by atoms with van der Waals surface area (Å²) in [5, 5.41) is 25.9. The maximum Gasteiger partial charge on any atom is 0.341 e. The number of methoxy groups -OCH3 is 3. The predicted molar refractivity (Wildman–Crippen MR) is 93.7 cm³/mol. The molecule has 0 fully saturated rings. The van der Waals surface area contributed by atoms with Crippen LogP contribution in [0, 0.1) is 22.7 Å². The summed E-state index contributed by atoms with van der Waals surface area (Å²) in [6.07, 6.45) is 0. The highest BCUT2D eigenvalue weighted by Gasteiger charge is 2.12. The minimum atomic E-state index is -1.07. The van der Waals surface area contributed by atoms with Crippen LogP contribution in [0.2, 0.25) is 0 Å². The Bertz CT molecular complexity index is 925. The molecular weight excluding hydrogens is 352 g/mol. The van der Waals surface area contributed by atoms with Gasteiger partial charge in [-0.15, -0.1) is 0 Å². The van der Waals surface area contributed by atoms with E-state index in [1.807, 2.05) is 12.1 Å². The van der Waals surface area contributed by atoms with Crippen LogP contribution in [0.15, 0.2) is 36.4 Å². The third-order valence-electron chi connectivity index (χ3n) is 3.30. The number of benzene rings is 2. The first-order valence-electron chi connectivity index (χ1n) is 7.39. The maximum absolute atomic E-state index is 11.2. The van der Waals surface area contributed by atoms with E-state index in [0.717, 1.165) is 0 Å². The molecule has 0 spiro atoms. The lowest BCUT2D eigenvalue weighted by Crippen LogP contribution is -2.04. The number of ether oxygens (including phenoxy) is 3. The first-order chi connectivity index (χ1) is 12.9. The Labute approximate surface area is 155 Å². The number of carboxylic acid groups (broad SMARTS) is 1. The van der Waals surface area contributed by atoms with E-state index in [-0.39, 0.29) is 11.3 Å². The van der Waals surface area contributed by atoms with Gasteiger partial charge in [0.1, 0.15) is 22.6 Å². The van der Waals surface area contributed by atoms with Crippen LogP contribution in [0.25, 0.3) is 0 Å². The lowest BCUT2D eigenvalue weighted by Gasteiger charge is -2.06. The summed E-state index contributed by atoms with van der Waals surface area (Å²) in [7, 11) is 4.09. The lowest BCUT2D eigenvalue weighted by molar-refractivity contribution is 0.0596. The number of hydrogen-bond acceptors (Lipinski definition) is 7. The van der Waals surface area contributed by atoms with Crippen molar-refractivity contribution in [1.29, 1.82) is 10.5 Å². The highest BCUT2D eigenvalue weighted by Crippen LogP contribution is 2.20. The molecule has 0 bridgehead atoms. The number of nitrogens with zero attached hydrogens (tertiary/aromatic N) is 2. The predicted octanol–water partition coefficient (Wildman–Crippen LogP) is 2.62. The van der Waals surface area contributed by atoms with E-state index in [1.54, 1.807) is 0 Å². The number of esters is 1. The Morgan fingerprint density at radius 1 is 0.852 bits per heavy atom. The zero-order valence-corrected chi connectivity index (χ0v) is 14.8. The maximum atomic E-state index is 11.2. The first-order valence-corrected chi connectivity index (χ1v) is 7.39. The molecule has 8 heteroatoms. The second-order valence-electron chi connectivity index (χ2n) is 4.85. The fourth-order valence-electron chi connectivity index (χ4n) is 1.98. The number of carboxylic acids is 1. The fourth-order valence-corrected chi connectivity index (χ4v) is 1.98. The molecule has 0 aliphatic carbocycles. The third-order valence-corrected chi connectivity index (χ3v) is 3.30. The average molecular weight is 368 g/mol. The lowest BCUT2D eigenvalue weighted by atomic mass is 10.1. The van der Waals surface area contributed by atoms with Gasteiger partial charge in [0.2, 0.25) is 0 Å². The Morgan fingerprint density at radius 2 is 1.30 bits per heavy atom. The Balaban J connectivity index is 0.000000271. The van der Waals surface area contributed by atoms with Gasteiger partial charge in [-0.25, -0.2) is 9.59 Å². The molecule has 0 aliphatic rings. The van der Waals surface area contributed by atoms with Gasteiger partial charge in [-0.05, 0) is 36.4 Å². The number of carbonyl (C=O) groups is 2. The highest BCUT2D eigenvalue weighted by atomic mass is 16.5. The monoisotopic (exact) mass is 368 g/mol. The van der Waals surface area contributed by atoms with Crippen molar-refractivity contribution >= 4 is 11.9 Å². The van der Waals surface area contributed by atoms with E-state index in [4.69, 9.17) is 25.1 Å². The van der Waals surface area contributed by atoms with Crippen LogP contribution in [-0.4, -0.2) is 38.4 Å². The smallest absolute Gasteiger partial charge is 0.341 e. The summed E-state index contributed by atoms with van der Waals surface area (Å²) in [5.74, 6) is -1.00. The van der Waals surface area contributed by atoms with E-state index in [1.165, 1.54) is 57.7 Å². The van der Waals surface area contributed by atoms with Crippen molar-refractivity contribution in [3.63, 3.8) is 0 Å². The molecule has 2 rings (SSSR count). The van der Waals surface area contributed by atoms with Crippen LogP contribution in [0.4, 0.5) is 0 Å². The molecule has 0 atom stereocenters. The van der Waals surface area contributed by atoms with Gasteiger partial charge in [-0.2, -0.15) is 10.5 Å². The number of aromatic carboxylic acids is 1. The zero-order valence-electron chi connectivity index (χ0n) is 14.8. The van der Waals surface area contributed by atoms with Gasteiger partial charge in [-0.3, -0.25) is 0 Å². The molecule has 8 nitrogen and oxygen atoms in total. The average Bonchev–Trinajstić information content (AvgIpc) is 2.72. The zero-order chi connectivity index (χ0) is 20.4. The van der Waals surface area contributed by atoms with Crippen molar-refractivity contribution in [3.05, 3.63) is 58.7 Å². The first kappa shape index (κ1) is 21.0. The summed E-state index contributed by atoms with van der Waals surface area (Å²) in [5.41, 5.74) is 1.19. The van der Waals surface area contributed by atoms with E-state index in [0.29, 0.717) is 22.4 Å². The van der Waals surface area contributed by atoms with Crippen molar-refractivity contribution in [2.75, 3.05) is 21.3 Å². The van der Waals surface area contributed by atoms with Crippen LogP contribution >= 0.6 is 0 Å². The van der Waals surface area contributed by atoms with Gasteiger partial charge >= 0.3 is 11.9 Å². The van der Waals surface area contributed by atoms with Crippen LogP contribution in [0.3, 0.4) is 0 Å². The molecule has 0 unspecified atom stereocenters. The molecule has 2 aromatic carbocycles. The summed E-state index contributed by atoms with van der Waals surface area (Å²) in [4.78, 5) is 21.8. The second kappa shape index (κ2) is 10.1. The summed E-state index contributed by atoms with van der Waals surface area (Å²) >= 11 is 0. The standard InChI is InChI=1S/C10H9NO3.C9H7NO3/c1-13-9-5-7(6-11)3-4-8(9)10(12)14-2;1-13-8-4-6(5-10)2-3-7(8)9(11)12/h3-5H,1-2H3;2-4H,1H3,(H,11,12). The van der Waals surface area contributed by atoms with E-state index in [9.17, 15) is 9.59 Å². The van der Waals surface area contributed by atoms with Crippen molar-refractivity contribution < 1.29 is 28.9 Å². The van der Waals surface area contributed by atoms with Crippen molar-refractivity contribution in [2.45, 2.75) is 0 Å². The van der Waals surface area contributed by atoms with Crippen LogP contribution in [0.1, 0.15) is 31.8 Å². The molecule has 0 aliphatic heterocycles. The minimum absolute atomic E-state index is 0.0569. The number of carbonyl (C=O) groups excluding carboxylic acids is 1. The Morgan fingerprint density at radius 3 is 1.67 bits per heavy atom. The topological polar surface area (TPSA) is 130 Å². The van der Waals surface area contributed by atoms with Gasteiger partial charge in [0, 0.05) is 0 Å². The van der Waals surface area contributed by atoms with E-state index >= 15 is 0 Å². The largest absolute Gasteiger partial charge is 0.496 e. The van der Waals surface area contributed by atoms with Crippen LogP contribution in [-0.2, 0) is 4.74 Å². The quantitative estimate of drug-likeness (QED) is 0.815. The summed E-state index contributed by atoms with van der Waals surface area (Å²) < 4.78 is 14.3. The van der Waals surface area contributed by atoms with Gasteiger partial charge < -0.3 is 19.3 Å². The molecule has 0 heterocycles. The van der Waals surface area contributed by atoms with Gasteiger partial charge in [-0.1, -0.05) is 0 Å². The minimum Gasteiger partial charge on any atom is -0.496 e. The van der Waals surface area contributed by atoms with E-state index in [2.05, 4.69) is 4.74 Å². The molecule has 0 saturated carbocycles.